The lowest BCUT2D eigenvalue weighted by atomic mass is 9.57. The minimum absolute atomic E-state index is 0.0338. The lowest BCUT2D eigenvalue weighted by Gasteiger charge is -2.48. The van der Waals surface area contributed by atoms with Crippen LogP contribution in [0.1, 0.15) is 75.6 Å². The van der Waals surface area contributed by atoms with Gasteiger partial charge in [-0.15, -0.1) is 0 Å². The van der Waals surface area contributed by atoms with Crippen molar-refractivity contribution in [2.45, 2.75) is 65.2 Å². The zero-order valence-corrected chi connectivity index (χ0v) is 16.7. The van der Waals surface area contributed by atoms with E-state index in [9.17, 15) is 9.18 Å². The molecule has 0 radical (unpaired) electrons. The van der Waals surface area contributed by atoms with Gasteiger partial charge in [-0.3, -0.25) is 4.79 Å². The predicted molar refractivity (Wildman–Crippen MR) is 106 cm³/mol. The molecule has 0 atom stereocenters. The van der Waals surface area contributed by atoms with Gasteiger partial charge in [-0.1, -0.05) is 26.7 Å². The number of halogens is 1. The molecule has 152 valence electrons. The van der Waals surface area contributed by atoms with Crippen LogP contribution < -0.4 is 10.1 Å². The highest BCUT2D eigenvalue weighted by atomic mass is 19.1. The molecule has 0 unspecified atom stereocenters. The van der Waals surface area contributed by atoms with Crippen LogP contribution in [0.25, 0.3) is 0 Å². The Kier molecular flexibility index (Phi) is 8.55. The summed E-state index contributed by atoms with van der Waals surface area (Å²) in [6.45, 7) is 5.06. The van der Waals surface area contributed by atoms with Gasteiger partial charge in [-0.05, 0) is 62.0 Å². The second-order valence-electron chi connectivity index (χ2n) is 7.89. The Morgan fingerprint density at radius 2 is 2.00 bits per heavy atom. The Hall–Kier alpha value is -1.62. The van der Waals surface area contributed by atoms with Gasteiger partial charge < -0.3 is 15.2 Å². The normalized spacial score (nSPS) is 16.0. The predicted octanol–water partition coefficient (Wildman–Crippen LogP) is 4.70. The van der Waals surface area contributed by atoms with Crippen molar-refractivity contribution >= 4 is 5.91 Å². The fourth-order valence-corrected chi connectivity index (χ4v) is 4.56. The summed E-state index contributed by atoms with van der Waals surface area (Å²) in [7, 11) is 0. The van der Waals surface area contributed by atoms with Crippen LogP contribution in [0.5, 0.6) is 5.75 Å². The first kappa shape index (κ1) is 21.7. The molecule has 0 spiro atoms. The standard InChI is InChI=1S/C22H34FNO3/c1-3-9-22(10-4-2)15-17(16-22)6-5-13-27-18-7-8-19(20(23)14-18)21(26)24-11-12-25/h7-8,14,17,25H,3-6,9-13,15-16H2,1-2H3,(H,24,26). The maximum absolute atomic E-state index is 14.1. The van der Waals surface area contributed by atoms with E-state index in [0.717, 1.165) is 12.3 Å². The quantitative estimate of drug-likeness (QED) is 0.517. The van der Waals surface area contributed by atoms with E-state index in [4.69, 9.17) is 9.84 Å². The number of carbonyl (C=O) groups excluding carboxylic acids is 1. The Morgan fingerprint density at radius 1 is 1.30 bits per heavy atom. The molecule has 1 aromatic carbocycles. The molecule has 0 aromatic heterocycles. The van der Waals surface area contributed by atoms with Gasteiger partial charge in [-0.2, -0.15) is 0 Å². The minimum Gasteiger partial charge on any atom is -0.493 e. The summed E-state index contributed by atoms with van der Waals surface area (Å²) in [5.41, 5.74) is 0.568. The number of hydrogen-bond acceptors (Lipinski definition) is 3. The maximum Gasteiger partial charge on any atom is 0.254 e. The molecule has 2 rings (SSSR count). The van der Waals surface area contributed by atoms with Gasteiger partial charge in [0, 0.05) is 12.6 Å². The summed E-state index contributed by atoms with van der Waals surface area (Å²) in [4.78, 5) is 11.8. The summed E-state index contributed by atoms with van der Waals surface area (Å²) in [6.07, 6.45) is 10.1. The van der Waals surface area contributed by atoms with Crippen LogP contribution in [0, 0.1) is 17.2 Å². The molecule has 1 aromatic rings. The van der Waals surface area contributed by atoms with Gasteiger partial charge >= 0.3 is 0 Å². The van der Waals surface area contributed by atoms with Gasteiger partial charge in [0.15, 0.2) is 0 Å². The number of ether oxygens (including phenoxy) is 1. The molecule has 0 bridgehead atoms. The SMILES string of the molecule is CCCC1(CCC)CC(CCCOc2ccc(C(=O)NCCO)c(F)c2)C1. The largest absolute Gasteiger partial charge is 0.493 e. The zero-order chi connectivity index (χ0) is 19.7. The third-order valence-corrected chi connectivity index (χ3v) is 5.61. The Labute approximate surface area is 162 Å². The van der Waals surface area contributed by atoms with Gasteiger partial charge in [0.2, 0.25) is 0 Å². The number of nitrogens with one attached hydrogen (secondary N) is 1. The fourth-order valence-electron chi connectivity index (χ4n) is 4.56. The first-order valence-electron chi connectivity index (χ1n) is 10.3. The average Bonchev–Trinajstić information content (AvgIpc) is 2.62. The molecule has 1 saturated carbocycles. The molecular weight excluding hydrogens is 345 g/mol. The summed E-state index contributed by atoms with van der Waals surface area (Å²) in [5.74, 6) is 0.124. The zero-order valence-electron chi connectivity index (χ0n) is 16.7. The third-order valence-electron chi connectivity index (χ3n) is 5.61. The molecule has 27 heavy (non-hydrogen) atoms. The van der Waals surface area contributed by atoms with Crippen LogP contribution in [0.2, 0.25) is 0 Å². The molecule has 0 heterocycles. The van der Waals surface area contributed by atoms with E-state index in [1.165, 1.54) is 57.1 Å². The van der Waals surface area contributed by atoms with Crippen molar-refractivity contribution in [1.29, 1.82) is 0 Å². The number of hydrogen-bond donors (Lipinski definition) is 2. The molecule has 0 saturated heterocycles. The van der Waals surface area contributed by atoms with Gasteiger partial charge in [-0.25, -0.2) is 4.39 Å². The van der Waals surface area contributed by atoms with E-state index < -0.39 is 11.7 Å². The van der Waals surface area contributed by atoms with Crippen LogP contribution in [0.15, 0.2) is 18.2 Å². The minimum atomic E-state index is -0.606. The van der Waals surface area contributed by atoms with E-state index in [1.807, 2.05) is 0 Å². The van der Waals surface area contributed by atoms with Crippen molar-refractivity contribution in [2.24, 2.45) is 11.3 Å². The van der Waals surface area contributed by atoms with Crippen molar-refractivity contribution in [3.05, 3.63) is 29.6 Å². The first-order chi connectivity index (χ1) is 13.0. The van der Waals surface area contributed by atoms with Crippen molar-refractivity contribution in [3.8, 4) is 5.75 Å². The van der Waals surface area contributed by atoms with E-state index in [-0.39, 0.29) is 18.7 Å². The van der Waals surface area contributed by atoms with Crippen molar-refractivity contribution in [2.75, 3.05) is 19.8 Å². The molecular formula is C22H34FNO3. The summed E-state index contributed by atoms with van der Waals surface area (Å²) in [5, 5.41) is 11.2. The Balaban J connectivity index is 1.70. The van der Waals surface area contributed by atoms with E-state index in [2.05, 4.69) is 19.2 Å². The summed E-state index contributed by atoms with van der Waals surface area (Å²) in [6, 6.07) is 4.30. The molecule has 1 aliphatic rings. The number of benzene rings is 1. The van der Waals surface area contributed by atoms with Gasteiger partial charge in [0.1, 0.15) is 11.6 Å². The van der Waals surface area contributed by atoms with Crippen LogP contribution in [-0.2, 0) is 0 Å². The summed E-state index contributed by atoms with van der Waals surface area (Å²) < 4.78 is 19.7. The molecule has 5 heteroatoms. The van der Waals surface area contributed by atoms with Gasteiger partial charge in [0.25, 0.3) is 5.91 Å². The average molecular weight is 380 g/mol. The summed E-state index contributed by atoms with van der Waals surface area (Å²) >= 11 is 0. The second-order valence-corrected chi connectivity index (χ2v) is 7.89. The molecule has 2 N–H and O–H groups in total. The maximum atomic E-state index is 14.1. The molecule has 1 fully saturated rings. The number of aliphatic hydroxyl groups excluding tert-OH is 1. The first-order valence-corrected chi connectivity index (χ1v) is 10.3. The molecule has 1 amide bonds. The number of rotatable bonds is 12. The van der Waals surface area contributed by atoms with E-state index in [1.54, 1.807) is 6.07 Å². The van der Waals surface area contributed by atoms with Crippen molar-refractivity contribution in [1.82, 2.24) is 5.32 Å². The monoisotopic (exact) mass is 379 g/mol. The molecule has 0 aliphatic heterocycles. The van der Waals surface area contributed by atoms with Crippen LogP contribution in [0.3, 0.4) is 0 Å². The Bertz CT molecular complexity index is 591. The van der Waals surface area contributed by atoms with Crippen LogP contribution in [-0.4, -0.2) is 30.8 Å². The topological polar surface area (TPSA) is 58.6 Å². The van der Waals surface area contributed by atoms with E-state index in [0.29, 0.717) is 17.8 Å². The van der Waals surface area contributed by atoms with E-state index >= 15 is 0 Å². The van der Waals surface area contributed by atoms with Crippen molar-refractivity contribution < 1.29 is 19.0 Å². The highest BCUT2D eigenvalue weighted by molar-refractivity contribution is 5.94. The lowest BCUT2D eigenvalue weighted by Crippen LogP contribution is -2.37. The highest BCUT2D eigenvalue weighted by Gasteiger charge is 2.41. The second kappa shape index (κ2) is 10.6. The number of amides is 1. The fraction of sp³-hybridized carbons (Fsp3) is 0.682. The van der Waals surface area contributed by atoms with Crippen LogP contribution >= 0.6 is 0 Å². The van der Waals surface area contributed by atoms with Crippen LogP contribution in [0.4, 0.5) is 4.39 Å². The molecule has 4 nitrogen and oxygen atoms in total. The third kappa shape index (κ3) is 6.20. The smallest absolute Gasteiger partial charge is 0.254 e. The van der Waals surface area contributed by atoms with Crippen molar-refractivity contribution in [3.63, 3.8) is 0 Å². The number of carbonyl (C=O) groups is 1. The van der Waals surface area contributed by atoms with Gasteiger partial charge in [0.05, 0.1) is 18.8 Å². The lowest BCUT2D eigenvalue weighted by molar-refractivity contribution is 0.0259. The highest BCUT2D eigenvalue weighted by Crippen LogP contribution is 2.53. The Morgan fingerprint density at radius 3 is 2.59 bits per heavy atom. The molecule has 1 aliphatic carbocycles. The number of aliphatic hydroxyl groups is 1.